The van der Waals surface area contributed by atoms with Gasteiger partial charge in [0.15, 0.2) is 5.89 Å². The van der Waals surface area contributed by atoms with E-state index < -0.39 is 17.8 Å². The third-order valence-corrected chi connectivity index (χ3v) is 3.51. The van der Waals surface area contributed by atoms with E-state index in [1.165, 1.54) is 0 Å². The minimum Gasteiger partial charge on any atom is -0.481 e. The lowest BCUT2D eigenvalue weighted by Gasteiger charge is -2.05. The molecule has 6 heteroatoms. The zero-order valence-electron chi connectivity index (χ0n) is 11.4. The van der Waals surface area contributed by atoms with Crippen molar-refractivity contribution in [3.8, 4) is 11.3 Å². The Bertz CT molecular complexity index is 690. The number of benzene rings is 1. The van der Waals surface area contributed by atoms with Gasteiger partial charge in [-0.15, -0.1) is 0 Å². The fraction of sp³-hybridized carbons (Fsp3) is 0.267. The third kappa shape index (κ3) is 2.79. The molecule has 21 heavy (non-hydrogen) atoms. The van der Waals surface area contributed by atoms with Crippen LogP contribution in [0.3, 0.4) is 0 Å². The lowest BCUT2D eigenvalue weighted by Crippen LogP contribution is -2.16. The van der Waals surface area contributed by atoms with Gasteiger partial charge in [-0.05, 0) is 18.6 Å². The van der Waals surface area contributed by atoms with Crippen LogP contribution in [0.25, 0.3) is 11.3 Å². The Labute approximate surface area is 120 Å². The average Bonchev–Trinajstić information content (AvgIpc) is 3.16. The molecule has 2 aromatic rings. The molecular formula is C15H14N2O4. The Kier molecular flexibility index (Phi) is 3.21. The molecular weight excluding hydrogens is 272 g/mol. The SMILES string of the molecule is Cc1nc(-c2ccc(NC(=O)C3CC3C(=O)O)cc2)co1. The highest BCUT2D eigenvalue weighted by atomic mass is 16.4. The Morgan fingerprint density at radius 1 is 1.29 bits per heavy atom. The number of oxazole rings is 1. The van der Waals surface area contributed by atoms with Crippen LogP contribution in [0.4, 0.5) is 5.69 Å². The number of amides is 1. The molecule has 3 rings (SSSR count). The molecule has 1 amide bonds. The smallest absolute Gasteiger partial charge is 0.307 e. The zero-order chi connectivity index (χ0) is 15.0. The van der Waals surface area contributed by atoms with Gasteiger partial charge in [0.2, 0.25) is 5.91 Å². The highest BCUT2D eigenvalue weighted by molar-refractivity contribution is 5.98. The van der Waals surface area contributed by atoms with Crippen LogP contribution in [0.15, 0.2) is 34.9 Å². The number of carboxylic acid groups (broad SMARTS) is 1. The third-order valence-electron chi connectivity index (χ3n) is 3.51. The van der Waals surface area contributed by atoms with Gasteiger partial charge in [-0.25, -0.2) is 4.98 Å². The molecule has 6 nitrogen and oxygen atoms in total. The van der Waals surface area contributed by atoms with Crippen molar-refractivity contribution in [1.82, 2.24) is 4.98 Å². The van der Waals surface area contributed by atoms with E-state index in [4.69, 9.17) is 9.52 Å². The monoisotopic (exact) mass is 286 g/mol. The van der Waals surface area contributed by atoms with Gasteiger partial charge in [0, 0.05) is 18.2 Å². The van der Waals surface area contributed by atoms with Gasteiger partial charge in [0.1, 0.15) is 12.0 Å². The van der Waals surface area contributed by atoms with E-state index in [0.717, 1.165) is 11.3 Å². The maximum Gasteiger partial charge on any atom is 0.307 e. The van der Waals surface area contributed by atoms with Gasteiger partial charge in [0.05, 0.1) is 11.8 Å². The van der Waals surface area contributed by atoms with Crippen LogP contribution in [0.2, 0.25) is 0 Å². The fourth-order valence-electron chi connectivity index (χ4n) is 2.21. The molecule has 0 saturated heterocycles. The maximum atomic E-state index is 11.8. The molecule has 0 spiro atoms. The van der Waals surface area contributed by atoms with E-state index in [2.05, 4.69) is 10.3 Å². The van der Waals surface area contributed by atoms with E-state index in [0.29, 0.717) is 18.0 Å². The first-order chi connectivity index (χ1) is 10.0. The number of aromatic nitrogens is 1. The second kappa shape index (κ2) is 5.05. The second-order valence-corrected chi connectivity index (χ2v) is 5.11. The average molecular weight is 286 g/mol. The second-order valence-electron chi connectivity index (χ2n) is 5.11. The Hall–Kier alpha value is -2.63. The molecule has 2 unspecified atom stereocenters. The van der Waals surface area contributed by atoms with Gasteiger partial charge in [0.25, 0.3) is 0 Å². The van der Waals surface area contributed by atoms with E-state index in [1.54, 1.807) is 25.3 Å². The maximum absolute atomic E-state index is 11.8. The minimum atomic E-state index is -0.910. The minimum absolute atomic E-state index is 0.243. The molecule has 0 aliphatic heterocycles. The molecule has 1 aliphatic carbocycles. The number of anilines is 1. The predicted molar refractivity (Wildman–Crippen MR) is 74.5 cm³/mol. The lowest BCUT2D eigenvalue weighted by molar-refractivity contribution is -0.139. The molecule has 2 N–H and O–H groups in total. The molecule has 1 saturated carbocycles. The number of hydrogen-bond donors (Lipinski definition) is 2. The summed E-state index contributed by atoms with van der Waals surface area (Å²) in [6, 6.07) is 7.17. The molecule has 1 aliphatic rings. The van der Waals surface area contributed by atoms with Crippen LogP contribution in [0.1, 0.15) is 12.3 Å². The number of nitrogens with zero attached hydrogens (tertiary/aromatic N) is 1. The topological polar surface area (TPSA) is 92.4 Å². The first-order valence-corrected chi connectivity index (χ1v) is 6.61. The summed E-state index contributed by atoms with van der Waals surface area (Å²) in [7, 11) is 0. The Balaban J connectivity index is 1.65. The normalized spacial score (nSPS) is 20.0. The predicted octanol–water partition coefficient (Wildman–Crippen LogP) is 2.31. The van der Waals surface area contributed by atoms with E-state index in [9.17, 15) is 9.59 Å². The molecule has 0 bridgehead atoms. The Morgan fingerprint density at radius 2 is 2.00 bits per heavy atom. The summed E-state index contributed by atoms with van der Waals surface area (Å²) in [4.78, 5) is 26.8. The van der Waals surface area contributed by atoms with E-state index >= 15 is 0 Å². The highest BCUT2D eigenvalue weighted by Crippen LogP contribution is 2.39. The Morgan fingerprint density at radius 3 is 2.52 bits per heavy atom. The number of aryl methyl sites for hydroxylation is 1. The first kappa shape index (κ1) is 13.4. The molecule has 1 aromatic carbocycles. The molecule has 0 radical (unpaired) electrons. The number of nitrogens with one attached hydrogen (secondary N) is 1. The summed E-state index contributed by atoms with van der Waals surface area (Å²) in [5, 5.41) is 11.5. The van der Waals surface area contributed by atoms with Crippen molar-refractivity contribution in [1.29, 1.82) is 0 Å². The van der Waals surface area contributed by atoms with Crippen LogP contribution >= 0.6 is 0 Å². The fourth-order valence-corrected chi connectivity index (χ4v) is 2.21. The molecule has 1 aromatic heterocycles. The van der Waals surface area contributed by atoms with Gasteiger partial charge >= 0.3 is 5.97 Å². The van der Waals surface area contributed by atoms with E-state index in [1.807, 2.05) is 12.1 Å². The van der Waals surface area contributed by atoms with Crippen molar-refractivity contribution >= 4 is 17.6 Å². The number of carbonyl (C=O) groups is 2. The van der Waals surface area contributed by atoms with Crippen LogP contribution in [0, 0.1) is 18.8 Å². The van der Waals surface area contributed by atoms with Crippen molar-refractivity contribution in [3.63, 3.8) is 0 Å². The van der Waals surface area contributed by atoms with Crippen LogP contribution in [-0.2, 0) is 9.59 Å². The molecule has 1 fully saturated rings. The van der Waals surface area contributed by atoms with Crippen molar-refractivity contribution in [3.05, 3.63) is 36.4 Å². The summed E-state index contributed by atoms with van der Waals surface area (Å²) in [5.74, 6) is -1.52. The van der Waals surface area contributed by atoms with Gasteiger partial charge in [-0.1, -0.05) is 12.1 Å². The largest absolute Gasteiger partial charge is 0.481 e. The summed E-state index contributed by atoms with van der Waals surface area (Å²) in [5.41, 5.74) is 2.26. The van der Waals surface area contributed by atoms with E-state index in [-0.39, 0.29) is 5.91 Å². The number of carbonyl (C=O) groups excluding carboxylic acids is 1. The van der Waals surface area contributed by atoms with Crippen molar-refractivity contribution in [2.75, 3.05) is 5.32 Å². The number of carboxylic acids is 1. The number of aliphatic carboxylic acids is 1. The molecule has 1 heterocycles. The summed E-state index contributed by atoms with van der Waals surface area (Å²) in [6.07, 6.45) is 1.99. The quantitative estimate of drug-likeness (QED) is 0.899. The van der Waals surface area contributed by atoms with Crippen LogP contribution in [0.5, 0.6) is 0 Å². The first-order valence-electron chi connectivity index (χ1n) is 6.61. The van der Waals surface area contributed by atoms with Crippen molar-refractivity contribution in [2.45, 2.75) is 13.3 Å². The number of hydrogen-bond acceptors (Lipinski definition) is 4. The standard InChI is InChI=1S/C15H14N2O4/c1-8-16-13(7-21-8)9-2-4-10(5-3-9)17-14(18)11-6-12(11)15(19)20/h2-5,7,11-12H,6H2,1H3,(H,17,18)(H,19,20). The van der Waals surface area contributed by atoms with Gasteiger partial charge in [-0.2, -0.15) is 0 Å². The summed E-state index contributed by atoms with van der Waals surface area (Å²) < 4.78 is 5.15. The summed E-state index contributed by atoms with van der Waals surface area (Å²) in [6.45, 7) is 1.77. The zero-order valence-corrected chi connectivity index (χ0v) is 11.4. The summed E-state index contributed by atoms with van der Waals surface area (Å²) >= 11 is 0. The van der Waals surface area contributed by atoms with Crippen LogP contribution in [-0.4, -0.2) is 22.0 Å². The van der Waals surface area contributed by atoms with Gasteiger partial charge in [-0.3, -0.25) is 9.59 Å². The van der Waals surface area contributed by atoms with Crippen LogP contribution < -0.4 is 5.32 Å². The van der Waals surface area contributed by atoms with Crippen molar-refractivity contribution < 1.29 is 19.1 Å². The lowest BCUT2D eigenvalue weighted by atomic mass is 10.1. The number of rotatable bonds is 4. The van der Waals surface area contributed by atoms with Gasteiger partial charge < -0.3 is 14.8 Å². The highest BCUT2D eigenvalue weighted by Gasteiger charge is 2.48. The molecule has 108 valence electrons. The molecule has 2 atom stereocenters. The van der Waals surface area contributed by atoms with Crippen molar-refractivity contribution in [2.24, 2.45) is 11.8 Å².